The van der Waals surface area contributed by atoms with Gasteiger partial charge in [0.25, 0.3) is 0 Å². The lowest BCUT2D eigenvalue weighted by molar-refractivity contribution is -0.0328. The van der Waals surface area contributed by atoms with E-state index in [1.807, 2.05) is 0 Å². The second-order valence-corrected chi connectivity index (χ2v) is 4.90. The van der Waals surface area contributed by atoms with E-state index in [0.717, 1.165) is 0 Å². The summed E-state index contributed by atoms with van der Waals surface area (Å²) in [6.07, 6.45) is 1.41. The topological polar surface area (TPSA) is 55.1 Å². The van der Waals surface area contributed by atoms with E-state index in [1.54, 1.807) is 0 Å². The number of fused-ring (bicyclic) bond motifs is 1. The molecule has 0 spiro atoms. The molecule has 0 aliphatic heterocycles. The van der Waals surface area contributed by atoms with E-state index >= 15 is 0 Å². The number of carboxylic acids is 1. The van der Waals surface area contributed by atoms with Crippen molar-refractivity contribution in [2.75, 3.05) is 5.75 Å². The Hall–Kier alpha value is -1.70. The molecule has 1 N–H and O–H groups in total. The zero-order chi connectivity index (χ0) is 14.0. The third-order valence-electron chi connectivity index (χ3n) is 2.47. The van der Waals surface area contributed by atoms with Crippen molar-refractivity contribution in [2.45, 2.75) is 12.1 Å². The number of rotatable bonds is 4. The van der Waals surface area contributed by atoms with Crippen LogP contribution in [0.3, 0.4) is 0 Å². The number of aryl methyl sites for hydroxylation is 1. The van der Waals surface area contributed by atoms with Crippen molar-refractivity contribution in [3.05, 3.63) is 30.1 Å². The Labute approximate surface area is 110 Å². The molecule has 1 heterocycles. The highest BCUT2D eigenvalue weighted by molar-refractivity contribution is 8.00. The van der Waals surface area contributed by atoms with E-state index in [9.17, 15) is 18.0 Å². The van der Waals surface area contributed by atoms with Gasteiger partial charge in [0.2, 0.25) is 0 Å². The summed E-state index contributed by atoms with van der Waals surface area (Å²) in [5.41, 5.74) is -3.11. The number of thioether (sulfide) groups is 1. The normalized spacial score (nSPS) is 11.9. The average Bonchev–Trinajstić information content (AvgIpc) is 2.70. The van der Waals surface area contributed by atoms with Gasteiger partial charge < -0.3 is 9.67 Å². The minimum absolute atomic E-state index is 0.0812. The van der Waals surface area contributed by atoms with Crippen LogP contribution in [0.15, 0.2) is 24.5 Å². The fraction of sp³-hybridized carbons (Fsp3) is 0.273. The van der Waals surface area contributed by atoms with Gasteiger partial charge in [-0.05, 0) is 30.0 Å². The SMILES string of the molecule is O=C(O)c1ccc2ncn(CCSC(F)(F)F)c2c1. The molecule has 0 unspecified atom stereocenters. The lowest BCUT2D eigenvalue weighted by Crippen LogP contribution is -2.06. The summed E-state index contributed by atoms with van der Waals surface area (Å²) >= 11 is -0.114. The van der Waals surface area contributed by atoms with Crippen molar-refractivity contribution in [1.82, 2.24) is 9.55 Å². The third-order valence-corrected chi connectivity index (χ3v) is 3.18. The summed E-state index contributed by atoms with van der Waals surface area (Å²) < 4.78 is 37.6. The predicted octanol–water partition coefficient (Wildman–Crippen LogP) is 2.99. The summed E-state index contributed by atoms with van der Waals surface area (Å²) in [4.78, 5) is 14.9. The molecule has 0 atom stereocenters. The van der Waals surface area contributed by atoms with Gasteiger partial charge >= 0.3 is 11.5 Å². The second-order valence-electron chi connectivity index (χ2n) is 3.74. The molecule has 4 nitrogen and oxygen atoms in total. The number of alkyl halides is 3. The van der Waals surface area contributed by atoms with Crippen LogP contribution in [0, 0.1) is 0 Å². The molecule has 0 amide bonds. The molecule has 0 aliphatic rings. The van der Waals surface area contributed by atoms with Crippen molar-refractivity contribution < 1.29 is 23.1 Å². The summed E-state index contributed by atoms with van der Waals surface area (Å²) in [6.45, 7) is 0.115. The molecular formula is C11H9F3N2O2S. The molecule has 2 rings (SSSR count). The molecule has 19 heavy (non-hydrogen) atoms. The number of hydrogen-bond donors (Lipinski definition) is 1. The molecule has 0 saturated carbocycles. The molecular weight excluding hydrogens is 281 g/mol. The van der Waals surface area contributed by atoms with E-state index in [4.69, 9.17) is 5.11 Å². The van der Waals surface area contributed by atoms with Crippen LogP contribution >= 0.6 is 11.8 Å². The first-order valence-electron chi connectivity index (χ1n) is 5.26. The number of aromatic carboxylic acids is 1. The average molecular weight is 290 g/mol. The third kappa shape index (κ3) is 3.40. The highest BCUT2D eigenvalue weighted by Gasteiger charge is 2.27. The van der Waals surface area contributed by atoms with E-state index in [0.29, 0.717) is 11.0 Å². The summed E-state index contributed by atoms with van der Waals surface area (Å²) in [5.74, 6) is -1.23. The van der Waals surface area contributed by atoms with Crippen molar-refractivity contribution in [3.63, 3.8) is 0 Å². The lowest BCUT2D eigenvalue weighted by Gasteiger charge is -2.07. The molecule has 102 valence electrons. The molecule has 0 bridgehead atoms. The highest BCUT2D eigenvalue weighted by Crippen LogP contribution is 2.30. The van der Waals surface area contributed by atoms with Gasteiger partial charge in [0, 0.05) is 12.3 Å². The van der Waals surface area contributed by atoms with E-state index < -0.39 is 11.5 Å². The minimum atomic E-state index is -4.26. The number of nitrogens with zero attached hydrogens (tertiary/aromatic N) is 2. The number of carbonyl (C=O) groups is 1. The van der Waals surface area contributed by atoms with Crippen LogP contribution in [0.5, 0.6) is 0 Å². The van der Waals surface area contributed by atoms with Crippen LogP contribution in [0.1, 0.15) is 10.4 Å². The first kappa shape index (κ1) is 13.7. The summed E-state index contributed by atoms with van der Waals surface area (Å²) in [7, 11) is 0. The molecule has 0 saturated heterocycles. The standard InChI is InChI=1S/C11H9F3N2O2S/c12-11(13,14)19-4-3-16-6-15-8-2-1-7(10(17)18)5-9(8)16/h1-2,5-6H,3-4H2,(H,17,18). The molecule has 0 radical (unpaired) electrons. The van der Waals surface area contributed by atoms with Gasteiger partial charge in [-0.2, -0.15) is 13.2 Å². The van der Waals surface area contributed by atoms with Crippen LogP contribution in [0.2, 0.25) is 0 Å². The van der Waals surface area contributed by atoms with Crippen molar-refractivity contribution >= 4 is 28.8 Å². The monoisotopic (exact) mass is 290 g/mol. The molecule has 8 heteroatoms. The van der Waals surface area contributed by atoms with Crippen molar-refractivity contribution in [3.8, 4) is 0 Å². The van der Waals surface area contributed by atoms with Crippen LogP contribution in [0.4, 0.5) is 13.2 Å². The molecule has 2 aromatic rings. The van der Waals surface area contributed by atoms with Gasteiger partial charge in [-0.25, -0.2) is 9.78 Å². The van der Waals surface area contributed by atoms with Crippen molar-refractivity contribution in [2.24, 2.45) is 0 Å². The van der Waals surface area contributed by atoms with Gasteiger partial charge in [-0.15, -0.1) is 0 Å². The first-order chi connectivity index (χ1) is 8.87. The summed E-state index contributed by atoms with van der Waals surface area (Å²) in [6, 6.07) is 4.35. The van der Waals surface area contributed by atoms with E-state index in [1.165, 1.54) is 29.1 Å². The maximum absolute atomic E-state index is 12.0. The fourth-order valence-corrected chi connectivity index (χ4v) is 2.15. The Morgan fingerprint density at radius 3 is 2.79 bits per heavy atom. The van der Waals surface area contributed by atoms with Crippen LogP contribution in [-0.2, 0) is 6.54 Å². The maximum atomic E-state index is 12.0. The van der Waals surface area contributed by atoms with Gasteiger partial charge in [-0.3, -0.25) is 0 Å². The highest BCUT2D eigenvalue weighted by atomic mass is 32.2. The quantitative estimate of drug-likeness (QED) is 0.940. The van der Waals surface area contributed by atoms with Crippen LogP contribution in [0.25, 0.3) is 11.0 Å². The van der Waals surface area contributed by atoms with Crippen molar-refractivity contribution in [1.29, 1.82) is 0 Å². The predicted molar refractivity (Wildman–Crippen MR) is 65.2 cm³/mol. The zero-order valence-electron chi connectivity index (χ0n) is 9.52. The number of hydrogen-bond acceptors (Lipinski definition) is 3. The Kier molecular flexibility index (Phi) is 3.70. The lowest BCUT2D eigenvalue weighted by atomic mass is 10.2. The van der Waals surface area contributed by atoms with Gasteiger partial charge in [0.1, 0.15) is 0 Å². The summed E-state index contributed by atoms with van der Waals surface area (Å²) in [5, 5.41) is 8.87. The van der Waals surface area contributed by atoms with E-state index in [2.05, 4.69) is 4.98 Å². The number of carboxylic acid groups (broad SMARTS) is 1. The molecule has 0 aliphatic carbocycles. The number of benzene rings is 1. The Balaban J connectivity index is 2.19. The Morgan fingerprint density at radius 1 is 1.42 bits per heavy atom. The molecule has 1 aromatic heterocycles. The fourth-order valence-electron chi connectivity index (χ4n) is 1.63. The maximum Gasteiger partial charge on any atom is 0.441 e. The number of imidazole rings is 1. The Morgan fingerprint density at radius 2 is 2.16 bits per heavy atom. The minimum Gasteiger partial charge on any atom is -0.478 e. The van der Waals surface area contributed by atoms with Crippen LogP contribution in [-0.4, -0.2) is 31.9 Å². The smallest absolute Gasteiger partial charge is 0.441 e. The number of aromatic nitrogens is 2. The number of halogens is 3. The Bertz CT molecular complexity index is 609. The second kappa shape index (κ2) is 5.12. The first-order valence-corrected chi connectivity index (χ1v) is 6.24. The van der Waals surface area contributed by atoms with Gasteiger partial charge in [0.15, 0.2) is 0 Å². The zero-order valence-corrected chi connectivity index (χ0v) is 10.3. The molecule has 1 aromatic carbocycles. The van der Waals surface area contributed by atoms with E-state index in [-0.39, 0.29) is 29.6 Å². The van der Waals surface area contributed by atoms with Gasteiger partial charge in [-0.1, -0.05) is 0 Å². The van der Waals surface area contributed by atoms with Gasteiger partial charge in [0.05, 0.1) is 22.9 Å². The van der Waals surface area contributed by atoms with Crippen LogP contribution < -0.4 is 0 Å². The molecule has 0 fully saturated rings. The largest absolute Gasteiger partial charge is 0.478 e.